The van der Waals surface area contributed by atoms with Gasteiger partial charge in [-0.3, -0.25) is 4.90 Å². The molecule has 0 spiro atoms. The van der Waals surface area contributed by atoms with Crippen molar-refractivity contribution in [3.63, 3.8) is 0 Å². The van der Waals surface area contributed by atoms with Gasteiger partial charge in [0.15, 0.2) is 0 Å². The average Bonchev–Trinajstić information content (AvgIpc) is 2.69. The maximum absolute atomic E-state index is 12.7. The normalized spacial score (nSPS) is 15.5. The molecule has 1 saturated heterocycles. The van der Waals surface area contributed by atoms with Crippen LogP contribution < -0.4 is 9.46 Å². The molecule has 5 nitrogen and oxygen atoms in total. The summed E-state index contributed by atoms with van der Waals surface area (Å²) in [7, 11) is -2.00. The number of likely N-dealkylation sites (tertiary alicyclic amines) is 1. The Labute approximate surface area is 168 Å². The third kappa shape index (κ3) is 5.13. The number of aryl methyl sites for hydroxylation is 2. The summed E-state index contributed by atoms with van der Waals surface area (Å²) in [5, 5.41) is 0. The van der Waals surface area contributed by atoms with Crippen LogP contribution in [-0.4, -0.2) is 33.5 Å². The van der Waals surface area contributed by atoms with Gasteiger partial charge in [0.05, 0.1) is 12.0 Å². The van der Waals surface area contributed by atoms with Crippen LogP contribution in [0.4, 0.5) is 0 Å². The van der Waals surface area contributed by atoms with Crippen LogP contribution >= 0.6 is 0 Å². The molecule has 0 radical (unpaired) electrons. The van der Waals surface area contributed by atoms with E-state index < -0.39 is 10.0 Å². The molecule has 6 heteroatoms. The highest BCUT2D eigenvalue weighted by Crippen LogP contribution is 2.25. The predicted octanol–water partition coefficient (Wildman–Crippen LogP) is 3.78. The van der Waals surface area contributed by atoms with Crippen LogP contribution in [0.1, 0.15) is 41.5 Å². The van der Waals surface area contributed by atoms with Crippen LogP contribution in [-0.2, 0) is 23.1 Å². The smallest absolute Gasteiger partial charge is 0.241 e. The lowest BCUT2D eigenvalue weighted by molar-refractivity contribution is 0.221. The summed E-state index contributed by atoms with van der Waals surface area (Å²) in [6, 6.07) is 11.6. The Hall–Kier alpha value is -1.89. The molecule has 28 heavy (non-hydrogen) atoms. The number of ether oxygens (including phenoxy) is 1. The molecule has 0 saturated carbocycles. The van der Waals surface area contributed by atoms with E-state index in [2.05, 4.69) is 21.8 Å². The number of benzene rings is 2. The first-order chi connectivity index (χ1) is 13.4. The Kier molecular flexibility index (Phi) is 6.75. The highest BCUT2D eigenvalue weighted by atomic mass is 32.2. The third-order valence-corrected chi connectivity index (χ3v) is 6.87. The molecule has 0 atom stereocenters. The molecular formula is C22H30N2O3S. The Morgan fingerprint density at radius 2 is 1.61 bits per heavy atom. The van der Waals surface area contributed by atoms with Gasteiger partial charge < -0.3 is 4.74 Å². The minimum Gasteiger partial charge on any atom is -0.496 e. The van der Waals surface area contributed by atoms with Gasteiger partial charge in [0.1, 0.15) is 5.75 Å². The molecule has 0 unspecified atom stereocenters. The molecule has 0 bridgehead atoms. The van der Waals surface area contributed by atoms with Gasteiger partial charge in [0, 0.05) is 13.1 Å². The molecule has 1 aliphatic rings. The van der Waals surface area contributed by atoms with E-state index in [1.165, 1.54) is 37.9 Å². The number of nitrogens with zero attached hydrogens (tertiary/aromatic N) is 1. The van der Waals surface area contributed by atoms with Crippen LogP contribution in [0.15, 0.2) is 41.3 Å². The third-order valence-electron chi connectivity index (χ3n) is 5.33. The lowest BCUT2D eigenvalue weighted by atomic mass is 10.1. The molecule has 0 amide bonds. The fraction of sp³-hybridized carbons (Fsp3) is 0.455. The summed E-state index contributed by atoms with van der Waals surface area (Å²) >= 11 is 0. The molecule has 1 aliphatic heterocycles. The van der Waals surface area contributed by atoms with Crippen molar-refractivity contribution >= 4 is 10.0 Å². The summed E-state index contributed by atoms with van der Waals surface area (Å²) in [5.41, 5.74) is 3.70. The number of nitrogens with one attached hydrogen (secondary N) is 1. The van der Waals surface area contributed by atoms with Gasteiger partial charge in [-0.15, -0.1) is 0 Å². The lowest BCUT2D eigenvalue weighted by Gasteiger charge is -2.26. The zero-order valence-corrected chi connectivity index (χ0v) is 17.8. The van der Waals surface area contributed by atoms with E-state index in [0.29, 0.717) is 16.2 Å². The van der Waals surface area contributed by atoms with Crippen molar-refractivity contribution in [3.05, 3.63) is 58.7 Å². The van der Waals surface area contributed by atoms with Gasteiger partial charge in [0.25, 0.3) is 0 Å². The first-order valence-corrected chi connectivity index (χ1v) is 11.3. The number of hydrogen-bond acceptors (Lipinski definition) is 4. The Morgan fingerprint density at radius 1 is 0.964 bits per heavy atom. The van der Waals surface area contributed by atoms with E-state index in [1.807, 2.05) is 19.1 Å². The fourth-order valence-corrected chi connectivity index (χ4v) is 4.99. The Morgan fingerprint density at radius 3 is 2.25 bits per heavy atom. The van der Waals surface area contributed by atoms with E-state index in [-0.39, 0.29) is 6.54 Å². The molecule has 1 fully saturated rings. The highest BCUT2D eigenvalue weighted by Gasteiger charge is 2.18. The topological polar surface area (TPSA) is 58.6 Å². The van der Waals surface area contributed by atoms with Gasteiger partial charge in [-0.1, -0.05) is 30.7 Å². The number of hydrogen-bond donors (Lipinski definition) is 1. The van der Waals surface area contributed by atoms with E-state index in [0.717, 1.165) is 17.7 Å². The molecule has 2 aromatic rings. The lowest BCUT2D eigenvalue weighted by Crippen LogP contribution is -2.29. The maximum Gasteiger partial charge on any atom is 0.241 e. The predicted molar refractivity (Wildman–Crippen MR) is 112 cm³/mol. The minimum absolute atomic E-state index is 0.275. The monoisotopic (exact) mass is 402 g/mol. The van der Waals surface area contributed by atoms with E-state index >= 15 is 0 Å². The van der Waals surface area contributed by atoms with Crippen LogP contribution in [0.3, 0.4) is 0 Å². The van der Waals surface area contributed by atoms with Gasteiger partial charge in [-0.2, -0.15) is 0 Å². The fourth-order valence-electron chi connectivity index (χ4n) is 3.67. The van der Waals surface area contributed by atoms with Gasteiger partial charge in [0.2, 0.25) is 10.0 Å². The Balaban J connectivity index is 1.63. The van der Waals surface area contributed by atoms with Crippen molar-refractivity contribution in [2.75, 3.05) is 20.2 Å². The van der Waals surface area contributed by atoms with Crippen molar-refractivity contribution in [2.24, 2.45) is 0 Å². The highest BCUT2D eigenvalue weighted by molar-refractivity contribution is 7.89. The van der Waals surface area contributed by atoms with Crippen LogP contribution in [0.5, 0.6) is 5.75 Å². The van der Waals surface area contributed by atoms with E-state index in [1.54, 1.807) is 26.2 Å². The molecule has 1 heterocycles. The van der Waals surface area contributed by atoms with Crippen molar-refractivity contribution in [3.8, 4) is 5.75 Å². The first kappa shape index (κ1) is 20.8. The first-order valence-electron chi connectivity index (χ1n) is 9.84. The number of rotatable bonds is 7. The van der Waals surface area contributed by atoms with Crippen molar-refractivity contribution < 1.29 is 13.2 Å². The Bertz CT molecular complexity index is 902. The largest absolute Gasteiger partial charge is 0.496 e. The second-order valence-electron chi connectivity index (χ2n) is 7.57. The van der Waals surface area contributed by atoms with Crippen LogP contribution in [0.25, 0.3) is 0 Å². The van der Waals surface area contributed by atoms with Crippen molar-refractivity contribution in [1.82, 2.24) is 9.62 Å². The number of piperidine rings is 1. The van der Waals surface area contributed by atoms with Crippen LogP contribution in [0, 0.1) is 13.8 Å². The quantitative estimate of drug-likeness (QED) is 0.766. The maximum atomic E-state index is 12.7. The average molecular weight is 403 g/mol. The molecule has 152 valence electrons. The standard InChI is InChI=1S/C22H30N2O3S/c1-17-14-22(18(2)13-21(17)27-3)28(25,26)23-15-19-7-9-20(10-8-19)16-24-11-5-4-6-12-24/h7-10,13-14,23H,4-6,11-12,15-16H2,1-3H3. The SMILES string of the molecule is COc1cc(C)c(S(=O)(=O)NCc2ccc(CN3CCCCC3)cc2)cc1C. The number of methoxy groups -OCH3 is 1. The molecule has 3 rings (SSSR count). The molecule has 1 N–H and O–H groups in total. The second-order valence-corrected chi connectivity index (χ2v) is 9.30. The molecule has 0 aliphatic carbocycles. The van der Waals surface area contributed by atoms with Crippen molar-refractivity contribution in [1.29, 1.82) is 0 Å². The minimum atomic E-state index is -3.58. The zero-order valence-electron chi connectivity index (χ0n) is 17.0. The van der Waals surface area contributed by atoms with Gasteiger partial charge in [-0.05, 0) is 74.2 Å². The summed E-state index contributed by atoms with van der Waals surface area (Å²) in [5.74, 6) is 0.695. The van der Waals surface area contributed by atoms with Gasteiger partial charge in [-0.25, -0.2) is 13.1 Å². The van der Waals surface area contributed by atoms with Gasteiger partial charge >= 0.3 is 0 Å². The second kappa shape index (κ2) is 9.07. The molecular weight excluding hydrogens is 372 g/mol. The summed E-state index contributed by atoms with van der Waals surface area (Å²) in [4.78, 5) is 2.78. The summed E-state index contributed by atoms with van der Waals surface area (Å²) in [6.07, 6.45) is 3.90. The van der Waals surface area contributed by atoms with Crippen LogP contribution in [0.2, 0.25) is 0 Å². The molecule has 0 aromatic heterocycles. The zero-order chi connectivity index (χ0) is 20.1. The van der Waals surface area contributed by atoms with E-state index in [9.17, 15) is 8.42 Å². The summed E-state index contributed by atoms with van der Waals surface area (Å²) in [6.45, 7) is 7.21. The van der Waals surface area contributed by atoms with Crippen molar-refractivity contribution in [2.45, 2.75) is 51.1 Å². The molecule has 2 aromatic carbocycles. The number of sulfonamides is 1. The van der Waals surface area contributed by atoms with E-state index in [4.69, 9.17) is 4.74 Å². The summed E-state index contributed by atoms with van der Waals surface area (Å²) < 4.78 is 33.5.